The summed E-state index contributed by atoms with van der Waals surface area (Å²) < 4.78 is 1.04. The first-order valence-electron chi connectivity index (χ1n) is 4.42. The Hall–Kier alpha value is -0.0300. The van der Waals surface area contributed by atoms with E-state index >= 15 is 0 Å². The van der Waals surface area contributed by atoms with Gasteiger partial charge in [-0.25, -0.2) is 0 Å². The van der Waals surface area contributed by atoms with E-state index in [2.05, 4.69) is 37.2 Å². The summed E-state index contributed by atoms with van der Waals surface area (Å²) in [6.07, 6.45) is 3.72. The first-order valence-corrected chi connectivity index (χ1v) is 5.22. The summed E-state index contributed by atoms with van der Waals surface area (Å²) in [7, 11) is 0. The maximum atomic E-state index is 4.15. The molecule has 1 aromatic heterocycles. The normalized spacial score (nSPS) is 15.1. The molecular formula is C9H14BrCl2N3. The lowest BCUT2D eigenvalue weighted by molar-refractivity contribution is 0.588. The summed E-state index contributed by atoms with van der Waals surface area (Å²) in [5.41, 5.74) is 1.20. The Morgan fingerprint density at radius 1 is 1.20 bits per heavy atom. The Bertz CT molecular complexity index is 292. The molecule has 86 valence electrons. The number of nitrogens with one attached hydrogen (secondary N) is 1. The van der Waals surface area contributed by atoms with Crippen molar-refractivity contribution in [2.45, 2.75) is 0 Å². The number of pyridine rings is 1. The second-order valence-corrected chi connectivity index (χ2v) is 4.01. The zero-order valence-electron chi connectivity index (χ0n) is 8.15. The molecule has 3 nitrogen and oxygen atoms in total. The van der Waals surface area contributed by atoms with Crippen LogP contribution in [0.4, 0.5) is 5.69 Å². The highest BCUT2D eigenvalue weighted by atomic mass is 79.9. The van der Waals surface area contributed by atoms with Crippen molar-refractivity contribution in [1.29, 1.82) is 0 Å². The molecule has 0 aliphatic carbocycles. The fraction of sp³-hybridized carbons (Fsp3) is 0.444. The summed E-state index contributed by atoms with van der Waals surface area (Å²) >= 11 is 3.42. The molecule has 0 aromatic carbocycles. The van der Waals surface area contributed by atoms with Crippen molar-refractivity contribution in [3.63, 3.8) is 0 Å². The van der Waals surface area contributed by atoms with Gasteiger partial charge in [-0.05, 0) is 22.0 Å². The summed E-state index contributed by atoms with van der Waals surface area (Å²) in [6.45, 7) is 4.26. The molecule has 1 saturated heterocycles. The molecule has 0 saturated carbocycles. The SMILES string of the molecule is Brc1cncc(N2CCNCC2)c1.Cl.Cl. The van der Waals surface area contributed by atoms with Crippen molar-refractivity contribution < 1.29 is 0 Å². The molecule has 1 aliphatic heterocycles. The molecule has 1 fully saturated rings. The van der Waals surface area contributed by atoms with E-state index in [4.69, 9.17) is 0 Å². The Balaban J connectivity index is 0.000000980. The third-order valence-corrected chi connectivity index (χ3v) is 2.61. The third-order valence-electron chi connectivity index (χ3n) is 2.17. The quantitative estimate of drug-likeness (QED) is 0.860. The summed E-state index contributed by atoms with van der Waals surface area (Å²) in [5, 5.41) is 3.33. The van der Waals surface area contributed by atoms with Crippen LogP contribution in [0.3, 0.4) is 0 Å². The fourth-order valence-electron chi connectivity index (χ4n) is 1.50. The maximum absolute atomic E-state index is 4.15. The molecule has 0 spiro atoms. The van der Waals surface area contributed by atoms with E-state index < -0.39 is 0 Å². The zero-order chi connectivity index (χ0) is 9.10. The van der Waals surface area contributed by atoms with Crippen LogP contribution in [0, 0.1) is 0 Å². The first kappa shape index (κ1) is 15.0. The van der Waals surface area contributed by atoms with Gasteiger partial charge in [-0.15, -0.1) is 24.8 Å². The van der Waals surface area contributed by atoms with Gasteiger partial charge < -0.3 is 10.2 Å². The molecule has 0 radical (unpaired) electrons. The zero-order valence-corrected chi connectivity index (χ0v) is 11.4. The molecule has 6 heteroatoms. The van der Waals surface area contributed by atoms with Crippen molar-refractivity contribution in [3.05, 3.63) is 22.9 Å². The number of rotatable bonds is 1. The summed E-state index contributed by atoms with van der Waals surface area (Å²) in [5.74, 6) is 0. The van der Waals surface area contributed by atoms with Crippen LogP contribution in [0.5, 0.6) is 0 Å². The summed E-state index contributed by atoms with van der Waals surface area (Å²) in [6, 6.07) is 2.11. The average Bonchev–Trinajstić information content (AvgIpc) is 2.19. The van der Waals surface area contributed by atoms with Gasteiger partial charge in [0, 0.05) is 36.8 Å². The van der Waals surface area contributed by atoms with Gasteiger partial charge in [-0.3, -0.25) is 4.98 Å². The van der Waals surface area contributed by atoms with Gasteiger partial charge in [0.05, 0.1) is 11.9 Å². The van der Waals surface area contributed by atoms with Crippen LogP contribution in [0.1, 0.15) is 0 Å². The molecule has 1 aliphatic rings. The molecule has 2 heterocycles. The second kappa shape index (κ2) is 7.28. The second-order valence-electron chi connectivity index (χ2n) is 3.10. The number of piperazine rings is 1. The molecular weight excluding hydrogens is 301 g/mol. The van der Waals surface area contributed by atoms with Crippen molar-refractivity contribution in [3.8, 4) is 0 Å². The molecule has 1 N–H and O–H groups in total. The standard InChI is InChI=1S/C9H12BrN3.2ClH/c10-8-5-9(7-12-6-8)13-3-1-11-2-4-13;;/h5-7,11H,1-4H2;2*1H. The Morgan fingerprint density at radius 2 is 1.87 bits per heavy atom. The van der Waals surface area contributed by atoms with E-state index in [1.165, 1.54) is 5.69 Å². The monoisotopic (exact) mass is 313 g/mol. The van der Waals surface area contributed by atoms with Crippen LogP contribution in [-0.4, -0.2) is 31.2 Å². The highest BCUT2D eigenvalue weighted by Gasteiger charge is 2.10. The molecule has 0 unspecified atom stereocenters. The lowest BCUT2D eigenvalue weighted by Crippen LogP contribution is -2.43. The van der Waals surface area contributed by atoms with E-state index in [0.717, 1.165) is 30.7 Å². The van der Waals surface area contributed by atoms with Gasteiger partial charge in [0.15, 0.2) is 0 Å². The summed E-state index contributed by atoms with van der Waals surface area (Å²) in [4.78, 5) is 6.49. The van der Waals surface area contributed by atoms with Crippen molar-refractivity contribution in [2.24, 2.45) is 0 Å². The van der Waals surface area contributed by atoms with Crippen molar-refractivity contribution in [1.82, 2.24) is 10.3 Å². The molecule has 2 rings (SSSR count). The van der Waals surface area contributed by atoms with Gasteiger partial charge in [0.25, 0.3) is 0 Å². The van der Waals surface area contributed by atoms with Crippen molar-refractivity contribution in [2.75, 3.05) is 31.1 Å². The van der Waals surface area contributed by atoms with Crippen LogP contribution in [0.25, 0.3) is 0 Å². The topological polar surface area (TPSA) is 28.2 Å². The van der Waals surface area contributed by atoms with Gasteiger partial charge in [-0.1, -0.05) is 0 Å². The Labute approximate surface area is 111 Å². The van der Waals surface area contributed by atoms with E-state index in [0.29, 0.717) is 0 Å². The van der Waals surface area contributed by atoms with E-state index in [-0.39, 0.29) is 24.8 Å². The van der Waals surface area contributed by atoms with E-state index in [9.17, 15) is 0 Å². The molecule has 0 atom stereocenters. The van der Waals surface area contributed by atoms with Crippen molar-refractivity contribution >= 4 is 46.4 Å². The van der Waals surface area contributed by atoms with Gasteiger partial charge in [0.1, 0.15) is 0 Å². The van der Waals surface area contributed by atoms with E-state index in [1.807, 2.05) is 12.4 Å². The van der Waals surface area contributed by atoms with Gasteiger partial charge in [0.2, 0.25) is 0 Å². The van der Waals surface area contributed by atoms with Crippen LogP contribution >= 0.6 is 40.7 Å². The predicted molar refractivity (Wildman–Crippen MR) is 71.5 cm³/mol. The number of halogens is 3. The minimum absolute atomic E-state index is 0. The number of hydrogen-bond acceptors (Lipinski definition) is 3. The predicted octanol–water partition coefficient (Wildman–Crippen LogP) is 2.10. The van der Waals surface area contributed by atoms with Gasteiger partial charge in [-0.2, -0.15) is 0 Å². The highest BCUT2D eigenvalue weighted by molar-refractivity contribution is 9.10. The Morgan fingerprint density at radius 3 is 2.47 bits per heavy atom. The van der Waals surface area contributed by atoms with Crippen LogP contribution in [-0.2, 0) is 0 Å². The van der Waals surface area contributed by atoms with Gasteiger partial charge >= 0.3 is 0 Å². The lowest BCUT2D eigenvalue weighted by Gasteiger charge is -2.29. The maximum Gasteiger partial charge on any atom is 0.0564 e. The number of anilines is 1. The lowest BCUT2D eigenvalue weighted by atomic mass is 10.3. The number of aromatic nitrogens is 1. The van der Waals surface area contributed by atoms with E-state index in [1.54, 1.807) is 0 Å². The molecule has 0 bridgehead atoms. The van der Waals surface area contributed by atoms with Crippen LogP contribution in [0.2, 0.25) is 0 Å². The van der Waals surface area contributed by atoms with Crippen LogP contribution in [0.15, 0.2) is 22.9 Å². The number of nitrogens with zero attached hydrogens (tertiary/aromatic N) is 2. The number of hydrogen-bond donors (Lipinski definition) is 1. The first-order chi connectivity index (χ1) is 6.36. The third kappa shape index (κ3) is 4.15. The largest absolute Gasteiger partial charge is 0.368 e. The minimum atomic E-state index is 0. The molecule has 15 heavy (non-hydrogen) atoms. The molecule has 1 aromatic rings. The highest BCUT2D eigenvalue weighted by Crippen LogP contribution is 2.18. The van der Waals surface area contributed by atoms with Crippen LogP contribution < -0.4 is 10.2 Å². The minimum Gasteiger partial charge on any atom is -0.368 e. The average molecular weight is 315 g/mol. The fourth-order valence-corrected chi connectivity index (χ4v) is 1.85. The Kier molecular flexibility index (Phi) is 7.26. The smallest absolute Gasteiger partial charge is 0.0564 e. The molecule has 0 amide bonds.